The van der Waals surface area contributed by atoms with Crippen LogP contribution < -0.4 is 38.2 Å². The number of hydrogen-bond acceptors (Lipinski definition) is 1. The molecule has 0 aliphatic carbocycles. The number of aromatic nitrogens is 2. The maximum Gasteiger partial charge on any atom is 0.115 e. The number of benzene rings is 8. The zero-order valence-electron chi connectivity index (χ0n) is 31.1. The quantitative estimate of drug-likeness (QED) is 0.222. The second kappa shape index (κ2) is 13.0. The molecule has 0 aliphatic rings. The molecule has 11 rings (SSSR count). The van der Waals surface area contributed by atoms with Crippen molar-refractivity contribution in [2.45, 2.75) is 0 Å². The Morgan fingerprint density at radius 3 is 1.78 bits per heavy atom. The van der Waals surface area contributed by atoms with Crippen molar-refractivity contribution in [2.24, 2.45) is 0 Å². The van der Waals surface area contributed by atoms with Gasteiger partial charge in [-0.25, -0.2) is 0 Å². The van der Waals surface area contributed by atoms with E-state index < -0.39 is 0 Å². The average molecular weight is 735 g/mol. The summed E-state index contributed by atoms with van der Waals surface area (Å²) < 4.78 is 6.64. The van der Waals surface area contributed by atoms with Gasteiger partial charge in [-0.3, -0.25) is 0 Å². The summed E-state index contributed by atoms with van der Waals surface area (Å²) in [5, 5.41) is 5.52. The van der Waals surface area contributed by atoms with Crippen LogP contribution >= 0.6 is 11.3 Å². The Morgan fingerprint density at radius 2 is 1.00 bits per heavy atom. The highest BCUT2D eigenvalue weighted by molar-refractivity contribution is 7.25. The molecule has 10 heteroatoms. The number of hydrogen-bond donors (Lipinski definition) is 0. The van der Waals surface area contributed by atoms with E-state index in [2.05, 4.69) is 114 Å². The van der Waals surface area contributed by atoms with E-state index in [0.717, 1.165) is 65.3 Å². The van der Waals surface area contributed by atoms with Crippen molar-refractivity contribution >= 4 is 168 Å². The van der Waals surface area contributed by atoms with Crippen LogP contribution in [0.5, 0.6) is 0 Å². The maximum absolute atomic E-state index is 7.37. The third-order valence-electron chi connectivity index (χ3n) is 11.7. The van der Waals surface area contributed by atoms with Gasteiger partial charge in [0, 0.05) is 64.3 Å². The van der Waals surface area contributed by atoms with Crippen LogP contribution in [0.25, 0.3) is 97.4 Å². The van der Waals surface area contributed by atoms with Gasteiger partial charge in [0.15, 0.2) is 0 Å². The lowest BCUT2D eigenvalue weighted by Crippen LogP contribution is -2.48. The predicted molar refractivity (Wildman–Crippen MR) is 257 cm³/mol. The Kier molecular flexibility index (Phi) is 7.91. The molecule has 2 nitrogen and oxygen atoms in total. The minimum Gasteiger partial charge on any atom is -0.311 e. The summed E-state index contributed by atoms with van der Waals surface area (Å²) in [6, 6.07) is 48.2. The molecule has 0 spiro atoms. The van der Waals surface area contributed by atoms with Crippen LogP contribution in [-0.2, 0) is 0 Å². The fraction of sp³-hybridized carbons (Fsp3) is 0. The van der Waals surface area contributed by atoms with Crippen molar-refractivity contribution < 1.29 is 0 Å². The molecule has 0 N–H and O–H groups in total. The number of fused-ring (bicyclic) bond motifs is 9. The Bertz CT molecular complexity index is 3530. The Hall–Kier alpha value is -5.97. The number of rotatable bonds is 4. The second-order valence-electron chi connectivity index (χ2n) is 14.8. The molecule has 0 atom stereocenters. The van der Waals surface area contributed by atoms with Crippen molar-refractivity contribution in [2.75, 3.05) is 0 Å². The highest BCUT2D eigenvalue weighted by atomic mass is 32.1. The van der Waals surface area contributed by atoms with E-state index in [-0.39, 0.29) is 21.9 Å². The van der Waals surface area contributed by atoms with Gasteiger partial charge >= 0.3 is 0 Å². The minimum absolute atomic E-state index is 0.184. The van der Waals surface area contributed by atoms with Crippen LogP contribution in [0.1, 0.15) is 0 Å². The van der Waals surface area contributed by atoms with E-state index >= 15 is 0 Å². The number of nitrogens with zero attached hydrogens (tertiary/aromatic N) is 2. The van der Waals surface area contributed by atoms with Gasteiger partial charge in [-0.1, -0.05) is 118 Å². The Balaban J connectivity index is 1.23. The largest absolute Gasteiger partial charge is 0.311 e. The van der Waals surface area contributed by atoms with Crippen molar-refractivity contribution in [1.29, 1.82) is 0 Å². The van der Waals surface area contributed by atoms with E-state index in [1.54, 1.807) is 11.3 Å². The number of para-hydroxylation sites is 2. The van der Waals surface area contributed by atoms with Crippen LogP contribution in [0.3, 0.4) is 0 Å². The van der Waals surface area contributed by atoms with Crippen LogP contribution in [0.4, 0.5) is 0 Å². The first-order chi connectivity index (χ1) is 28.2. The lowest BCUT2D eigenvalue weighted by molar-refractivity contribution is 1.18. The Morgan fingerprint density at radius 1 is 0.362 bits per heavy atom. The molecule has 8 aromatic carbocycles. The lowest BCUT2D eigenvalue weighted by atomic mass is 9.64. The minimum atomic E-state index is 0.184. The third-order valence-corrected chi connectivity index (χ3v) is 12.9. The van der Waals surface area contributed by atoms with Crippen molar-refractivity contribution in [1.82, 2.24) is 9.13 Å². The summed E-state index contributed by atoms with van der Waals surface area (Å²) in [7, 11) is 48.6. The lowest BCUT2D eigenvalue weighted by Gasteiger charge is -2.19. The molecule has 0 unspecified atom stereocenters. The molecule has 3 aromatic heterocycles. The molecular formula is C48H23B7N2S. The molecule has 14 radical (unpaired) electrons. The van der Waals surface area contributed by atoms with E-state index in [4.69, 9.17) is 54.9 Å². The number of thiophene rings is 1. The average Bonchev–Trinajstić information content (AvgIpc) is 3.93. The molecule has 11 aromatic rings. The summed E-state index contributed by atoms with van der Waals surface area (Å²) in [5.41, 5.74) is 10.7. The zero-order valence-corrected chi connectivity index (χ0v) is 31.9. The Labute approximate surface area is 348 Å². The molecule has 3 heterocycles. The highest BCUT2D eigenvalue weighted by Gasteiger charge is 2.25. The third kappa shape index (κ3) is 4.88. The maximum atomic E-state index is 7.37. The zero-order chi connectivity index (χ0) is 39.6. The van der Waals surface area contributed by atoms with Crippen molar-refractivity contribution in [3.05, 3.63) is 140 Å². The van der Waals surface area contributed by atoms with Crippen LogP contribution in [0.2, 0.25) is 0 Å². The van der Waals surface area contributed by atoms with Crippen LogP contribution in [0, 0.1) is 0 Å². The van der Waals surface area contributed by atoms with Crippen molar-refractivity contribution in [3.8, 4) is 33.6 Å². The summed E-state index contributed by atoms with van der Waals surface area (Å²) in [6.07, 6.45) is 0. The molecule has 0 saturated carbocycles. The predicted octanol–water partition coefficient (Wildman–Crippen LogP) is 5.14. The van der Waals surface area contributed by atoms with Gasteiger partial charge in [0.2, 0.25) is 0 Å². The van der Waals surface area contributed by atoms with Gasteiger partial charge in [0.05, 0.1) is 11.0 Å². The van der Waals surface area contributed by atoms with Gasteiger partial charge < -0.3 is 9.13 Å². The molecular weight excluding hydrogens is 712 g/mol. The van der Waals surface area contributed by atoms with Crippen molar-refractivity contribution in [3.63, 3.8) is 0 Å². The first-order valence-electron chi connectivity index (χ1n) is 18.9. The van der Waals surface area contributed by atoms with Gasteiger partial charge in [0.1, 0.15) is 54.9 Å². The fourth-order valence-electron chi connectivity index (χ4n) is 9.03. The second-order valence-corrected chi connectivity index (χ2v) is 15.9. The first-order valence-corrected chi connectivity index (χ1v) is 19.7. The van der Waals surface area contributed by atoms with Gasteiger partial charge in [-0.15, -0.1) is 22.3 Å². The monoisotopic (exact) mass is 736 g/mol. The standard InChI is InChI=1S/C48H23B7N2S/c49-39-36(25-18-20-33-31(22-25)30-16-9-15-28(24-10-3-1-4-11-24)46(30)56(33)26-12-5-2-6-13-26)40(50)44(54)47-37(39)38-41(51)42(52)43(53)45(55)48(38)57(47)27-19-21-35-32(23-27)29-14-7-8-17-34(29)58-35/h1-23H. The summed E-state index contributed by atoms with van der Waals surface area (Å²) in [5.74, 6) is 0. The molecule has 0 fully saturated rings. The van der Waals surface area contributed by atoms with Gasteiger partial charge in [0.25, 0.3) is 0 Å². The van der Waals surface area contributed by atoms with E-state index in [0.29, 0.717) is 43.8 Å². The normalized spacial score (nSPS) is 11.9. The van der Waals surface area contributed by atoms with E-state index in [1.165, 1.54) is 4.70 Å². The van der Waals surface area contributed by atoms with Gasteiger partial charge in [-0.05, 0) is 70.6 Å². The topological polar surface area (TPSA) is 9.86 Å². The van der Waals surface area contributed by atoms with E-state index in [9.17, 15) is 0 Å². The summed E-state index contributed by atoms with van der Waals surface area (Å²) >= 11 is 1.74. The fourth-order valence-corrected chi connectivity index (χ4v) is 10.1. The smallest absolute Gasteiger partial charge is 0.115 e. The highest BCUT2D eigenvalue weighted by Crippen LogP contribution is 2.41. The molecule has 0 amide bonds. The SMILES string of the molecule is [B]c1c([B])c([B])c2c(c1[B])c1c([B])c(-c3ccc4c(c3)c3cccc(-c5ccccc5)c3n4-c3ccccc3)c([B])c([B])c1n2-c1ccc2sc3ccccc3c2c1. The van der Waals surface area contributed by atoms with E-state index in [1.807, 2.05) is 34.9 Å². The van der Waals surface area contributed by atoms with Crippen LogP contribution in [0.15, 0.2) is 140 Å². The summed E-state index contributed by atoms with van der Waals surface area (Å²) in [6.45, 7) is 0. The summed E-state index contributed by atoms with van der Waals surface area (Å²) in [4.78, 5) is 0. The molecule has 0 bridgehead atoms. The molecule has 58 heavy (non-hydrogen) atoms. The first kappa shape index (κ1) is 35.2. The molecule has 0 aliphatic heterocycles. The van der Waals surface area contributed by atoms with Crippen LogP contribution in [-0.4, -0.2) is 64.1 Å². The van der Waals surface area contributed by atoms with Gasteiger partial charge in [-0.2, -0.15) is 0 Å². The molecule has 0 saturated heterocycles. The molecule has 252 valence electrons.